The summed E-state index contributed by atoms with van der Waals surface area (Å²) in [4.78, 5) is 12.2. The van der Waals surface area contributed by atoms with E-state index in [-0.39, 0.29) is 17.8 Å². The molecule has 1 aliphatic heterocycles. The van der Waals surface area contributed by atoms with Crippen molar-refractivity contribution in [3.8, 4) is 0 Å². The van der Waals surface area contributed by atoms with Crippen LogP contribution in [0.5, 0.6) is 0 Å². The number of carbonyl (C=O) groups is 1. The van der Waals surface area contributed by atoms with Gasteiger partial charge in [-0.25, -0.2) is 0 Å². The Kier molecular flexibility index (Phi) is 4.07. The van der Waals surface area contributed by atoms with Crippen LogP contribution in [-0.2, 0) is 22.5 Å². The second-order valence-electron chi connectivity index (χ2n) is 4.88. The van der Waals surface area contributed by atoms with Crippen LogP contribution in [0.3, 0.4) is 0 Å². The van der Waals surface area contributed by atoms with Crippen molar-refractivity contribution in [2.45, 2.75) is 46.3 Å². The van der Waals surface area contributed by atoms with E-state index in [2.05, 4.69) is 5.10 Å². The van der Waals surface area contributed by atoms with Crippen LogP contribution in [0, 0.1) is 12.8 Å². The molecule has 2 rings (SSSR count). The second kappa shape index (κ2) is 5.41. The zero-order valence-corrected chi connectivity index (χ0v) is 11.8. The maximum atomic E-state index is 12.2. The van der Waals surface area contributed by atoms with Gasteiger partial charge in [-0.15, -0.1) is 0 Å². The van der Waals surface area contributed by atoms with E-state index < -0.39 is 0 Å². The maximum Gasteiger partial charge on any atom is 0.144 e. The third kappa shape index (κ3) is 2.59. The molecule has 1 aromatic heterocycles. The first-order valence-electron chi connectivity index (χ1n) is 6.39. The average molecular weight is 271 g/mol. The summed E-state index contributed by atoms with van der Waals surface area (Å²) in [6.45, 7) is 7.13. The van der Waals surface area contributed by atoms with Crippen LogP contribution in [0.1, 0.15) is 31.7 Å². The van der Waals surface area contributed by atoms with E-state index in [1.807, 2.05) is 25.5 Å². The predicted octanol–water partition coefficient (Wildman–Crippen LogP) is 2.40. The molecule has 100 valence electrons. The van der Waals surface area contributed by atoms with Crippen LogP contribution in [0.15, 0.2) is 0 Å². The largest absolute Gasteiger partial charge is 0.378 e. The fourth-order valence-corrected chi connectivity index (χ4v) is 2.59. The summed E-state index contributed by atoms with van der Waals surface area (Å²) in [5.41, 5.74) is 1.62. The highest BCUT2D eigenvalue weighted by Crippen LogP contribution is 2.25. The van der Waals surface area contributed by atoms with Crippen LogP contribution in [0.4, 0.5) is 0 Å². The van der Waals surface area contributed by atoms with Gasteiger partial charge in [0.05, 0.1) is 35.5 Å². The monoisotopic (exact) mass is 270 g/mol. The van der Waals surface area contributed by atoms with Gasteiger partial charge >= 0.3 is 0 Å². The quantitative estimate of drug-likeness (QED) is 0.844. The highest BCUT2D eigenvalue weighted by molar-refractivity contribution is 6.32. The summed E-state index contributed by atoms with van der Waals surface area (Å²) in [6.07, 6.45) is 1.36. The second-order valence-corrected chi connectivity index (χ2v) is 5.26. The first-order chi connectivity index (χ1) is 8.52. The van der Waals surface area contributed by atoms with Crippen LogP contribution in [0.25, 0.3) is 0 Å². The number of aryl methyl sites for hydroxylation is 2. The standard InChI is InChI=1S/C13H19ClN2O2/c1-4-16-11(13(14)9(3)15-16)6-12(17)10-5-8(2)18-7-10/h8,10H,4-7H2,1-3H3. The number of Topliss-reactive ketones (excluding diaryl/α,β-unsaturated/α-hetero) is 1. The predicted molar refractivity (Wildman–Crippen MR) is 69.9 cm³/mol. The van der Waals surface area contributed by atoms with E-state index in [4.69, 9.17) is 16.3 Å². The molecule has 0 bridgehead atoms. The summed E-state index contributed by atoms with van der Waals surface area (Å²) in [6, 6.07) is 0. The van der Waals surface area contributed by atoms with E-state index in [0.717, 1.165) is 24.4 Å². The molecule has 2 heterocycles. The Balaban J connectivity index is 2.11. The fraction of sp³-hybridized carbons (Fsp3) is 0.692. The fourth-order valence-electron chi connectivity index (χ4n) is 2.39. The Hall–Kier alpha value is -0.870. The normalized spacial score (nSPS) is 23.6. The molecule has 0 aliphatic carbocycles. The van der Waals surface area contributed by atoms with Gasteiger partial charge in [0, 0.05) is 12.5 Å². The molecule has 2 atom stereocenters. The van der Waals surface area contributed by atoms with E-state index in [9.17, 15) is 4.79 Å². The molecule has 4 nitrogen and oxygen atoms in total. The van der Waals surface area contributed by atoms with Crippen LogP contribution in [0.2, 0.25) is 5.02 Å². The minimum atomic E-state index is 0.0107. The highest BCUT2D eigenvalue weighted by Gasteiger charge is 2.29. The van der Waals surface area contributed by atoms with Gasteiger partial charge in [0.25, 0.3) is 0 Å². The summed E-state index contributed by atoms with van der Waals surface area (Å²) < 4.78 is 7.25. The summed E-state index contributed by atoms with van der Waals surface area (Å²) in [5, 5.41) is 4.95. The SMILES string of the molecule is CCn1nc(C)c(Cl)c1CC(=O)C1COC(C)C1. The summed E-state index contributed by atoms with van der Waals surface area (Å²) in [7, 11) is 0. The lowest BCUT2D eigenvalue weighted by molar-refractivity contribution is -0.122. The summed E-state index contributed by atoms with van der Waals surface area (Å²) >= 11 is 6.21. The molecule has 0 N–H and O–H groups in total. The van der Waals surface area contributed by atoms with Gasteiger partial charge in [0.2, 0.25) is 0 Å². The number of aromatic nitrogens is 2. The zero-order valence-electron chi connectivity index (χ0n) is 11.1. The van der Waals surface area contributed by atoms with Crippen LogP contribution < -0.4 is 0 Å². The van der Waals surface area contributed by atoms with Crippen molar-refractivity contribution in [1.29, 1.82) is 0 Å². The van der Waals surface area contributed by atoms with Gasteiger partial charge in [-0.2, -0.15) is 5.10 Å². The van der Waals surface area contributed by atoms with E-state index in [0.29, 0.717) is 18.1 Å². The first kappa shape index (κ1) is 13.6. The highest BCUT2D eigenvalue weighted by atomic mass is 35.5. The van der Waals surface area contributed by atoms with Crippen molar-refractivity contribution in [3.63, 3.8) is 0 Å². The van der Waals surface area contributed by atoms with Gasteiger partial charge in [-0.1, -0.05) is 11.6 Å². The van der Waals surface area contributed by atoms with Crippen molar-refractivity contribution < 1.29 is 9.53 Å². The molecular formula is C13H19ClN2O2. The Labute approximate surface area is 112 Å². The molecule has 0 spiro atoms. The lowest BCUT2D eigenvalue weighted by Gasteiger charge is -2.08. The van der Waals surface area contributed by atoms with Gasteiger partial charge in [-0.05, 0) is 27.2 Å². The van der Waals surface area contributed by atoms with Gasteiger partial charge < -0.3 is 4.74 Å². The molecule has 0 aromatic carbocycles. The minimum Gasteiger partial charge on any atom is -0.378 e. The van der Waals surface area contributed by atoms with E-state index >= 15 is 0 Å². The van der Waals surface area contributed by atoms with Crippen molar-refractivity contribution in [3.05, 3.63) is 16.4 Å². The number of nitrogens with zero attached hydrogens (tertiary/aromatic N) is 2. The van der Waals surface area contributed by atoms with Crippen molar-refractivity contribution >= 4 is 17.4 Å². The van der Waals surface area contributed by atoms with Crippen molar-refractivity contribution in [2.75, 3.05) is 6.61 Å². The number of rotatable bonds is 4. The number of hydrogen-bond donors (Lipinski definition) is 0. The minimum absolute atomic E-state index is 0.0107. The molecule has 0 amide bonds. The van der Waals surface area contributed by atoms with Crippen molar-refractivity contribution in [1.82, 2.24) is 9.78 Å². The van der Waals surface area contributed by atoms with E-state index in [1.54, 1.807) is 0 Å². The lowest BCUT2D eigenvalue weighted by Crippen LogP contribution is -2.19. The number of carbonyl (C=O) groups excluding carboxylic acids is 1. The van der Waals surface area contributed by atoms with E-state index in [1.165, 1.54) is 0 Å². The molecule has 1 aromatic rings. The number of hydrogen-bond acceptors (Lipinski definition) is 3. The molecule has 5 heteroatoms. The Bertz CT molecular complexity index is 456. The Morgan fingerprint density at radius 2 is 2.33 bits per heavy atom. The van der Waals surface area contributed by atoms with Crippen molar-refractivity contribution in [2.24, 2.45) is 5.92 Å². The molecule has 1 aliphatic rings. The van der Waals surface area contributed by atoms with Gasteiger partial charge in [0.15, 0.2) is 0 Å². The summed E-state index contributed by atoms with van der Waals surface area (Å²) in [5.74, 6) is 0.215. The van der Waals surface area contributed by atoms with Gasteiger partial charge in [-0.3, -0.25) is 9.48 Å². The first-order valence-corrected chi connectivity index (χ1v) is 6.76. The molecule has 0 radical (unpaired) electrons. The number of ketones is 1. The number of ether oxygens (including phenoxy) is 1. The molecule has 18 heavy (non-hydrogen) atoms. The molecular weight excluding hydrogens is 252 g/mol. The molecule has 1 saturated heterocycles. The van der Waals surface area contributed by atoms with Gasteiger partial charge in [0.1, 0.15) is 5.78 Å². The molecule has 0 saturated carbocycles. The molecule has 2 unspecified atom stereocenters. The molecule has 1 fully saturated rings. The smallest absolute Gasteiger partial charge is 0.144 e. The topological polar surface area (TPSA) is 44.1 Å². The third-order valence-electron chi connectivity index (χ3n) is 3.45. The van der Waals surface area contributed by atoms with Crippen LogP contribution in [-0.4, -0.2) is 28.3 Å². The Morgan fingerprint density at radius 1 is 1.61 bits per heavy atom. The Morgan fingerprint density at radius 3 is 2.89 bits per heavy atom. The average Bonchev–Trinajstić information content (AvgIpc) is 2.88. The zero-order chi connectivity index (χ0) is 13.3. The van der Waals surface area contributed by atoms with Crippen LogP contribution >= 0.6 is 11.6 Å². The third-order valence-corrected chi connectivity index (χ3v) is 3.94. The maximum absolute atomic E-state index is 12.2. The number of halogens is 1. The lowest BCUT2D eigenvalue weighted by atomic mass is 9.97.